The van der Waals surface area contributed by atoms with Gasteiger partial charge in [-0.05, 0) is 38.1 Å². The van der Waals surface area contributed by atoms with Crippen molar-refractivity contribution < 1.29 is 9.53 Å². The molecule has 0 saturated heterocycles. The molecular formula is C15H24N2O2. The number of amides is 1. The average molecular weight is 264 g/mol. The summed E-state index contributed by atoms with van der Waals surface area (Å²) in [4.78, 5) is 11.6. The SMILES string of the molecule is CCCOc1ccc(C(C)NC(=O)CCNC)cc1. The number of benzene rings is 1. The fourth-order valence-electron chi connectivity index (χ4n) is 1.71. The number of hydrogen-bond donors (Lipinski definition) is 2. The molecule has 0 fully saturated rings. The van der Waals surface area contributed by atoms with E-state index in [1.807, 2.05) is 38.2 Å². The third-order valence-corrected chi connectivity index (χ3v) is 2.83. The molecule has 1 aromatic rings. The van der Waals surface area contributed by atoms with Gasteiger partial charge in [0.1, 0.15) is 5.75 Å². The Morgan fingerprint density at radius 1 is 1.32 bits per heavy atom. The Labute approximate surface area is 115 Å². The molecule has 1 unspecified atom stereocenters. The molecule has 106 valence electrons. The molecule has 0 aliphatic rings. The van der Waals surface area contributed by atoms with Crippen molar-refractivity contribution in [2.24, 2.45) is 0 Å². The molecule has 0 saturated carbocycles. The van der Waals surface area contributed by atoms with Crippen molar-refractivity contribution in [2.75, 3.05) is 20.2 Å². The molecular weight excluding hydrogens is 240 g/mol. The molecule has 2 N–H and O–H groups in total. The summed E-state index contributed by atoms with van der Waals surface area (Å²) < 4.78 is 5.53. The summed E-state index contributed by atoms with van der Waals surface area (Å²) in [6.45, 7) is 5.49. The van der Waals surface area contributed by atoms with E-state index in [1.54, 1.807) is 0 Å². The van der Waals surface area contributed by atoms with Crippen LogP contribution >= 0.6 is 0 Å². The molecule has 1 amide bonds. The molecule has 4 heteroatoms. The first kappa shape index (κ1) is 15.5. The Bertz CT molecular complexity index is 376. The number of ether oxygens (including phenoxy) is 1. The normalized spacial score (nSPS) is 11.9. The summed E-state index contributed by atoms with van der Waals surface area (Å²) in [6, 6.07) is 7.90. The molecule has 1 atom stereocenters. The minimum Gasteiger partial charge on any atom is -0.494 e. The lowest BCUT2D eigenvalue weighted by Gasteiger charge is -2.15. The van der Waals surface area contributed by atoms with Crippen molar-refractivity contribution in [3.05, 3.63) is 29.8 Å². The largest absolute Gasteiger partial charge is 0.494 e. The van der Waals surface area contributed by atoms with Crippen molar-refractivity contribution in [1.82, 2.24) is 10.6 Å². The Morgan fingerprint density at radius 3 is 2.58 bits per heavy atom. The summed E-state index contributed by atoms with van der Waals surface area (Å²) in [6.07, 6.45) is 1.50. The first-order valence-electron chi connectivity index (χ1n) is 6.84. The zero-order valence-corrected chi connectivity index (χ0v) is 12.0. The van der Waals surface area contributed by atoms with Gasteiger partial charge in [-0.2, -0.15) is 0 Å². The second-order valence-corrected chi connectivity index (χ2v) is 4.56. The van der Waals surface area contributed by atoms with Crippen molar-refractivity contribution >= 4 is 5.91 Å². The van der Waals surface area contributed by atoms with Crippen molar-refractivity contribution in [3.63, 3.8) is 0 Å². The van der Waals surface area contributed by atoms with Crippen LogP contribution in [0, 0.1) is 0 Å². The highest BCUT2D eigenvalue weighted by Crippen LogP contribution is 2.17. The van der Waals surface area contributed by atoms with E-state index >= 15 is 0 Å². The molecule has 0 radical (unpaired) electrons. The number of nitrogens with one attached hydrogen (secondary N) is 2. The van der Waals surface area contributed by atoms with E-state index in [1.165, 1.54) is 0 Å². The van der Waals surface area contributed by atoms with Gasteiger partial charge in [-0.1, -0.05) is 19.1 Å². The molecule has 0 aliphatic carbocycles. The predicted molar refractivity (Wildman–Crippen MR) is 77.3 cm³/mol. The van der Waals surface area contributed by atoms with Crippen molar-refractivity contribution in [1.29, 1.82) is 0 Å². The maximum atomic E-state index is 11.6. The van der Waals surface area contributed by atoms with Crippen LogP contribution in [0.15, 0.2) is 24.3 Å². The first-order chi connectivity index (χ1) is 9.17. The summed E-state index contributed by atoms with van der Waals surface area (Å²) in [5.74, 6) is 0.937. The van der Waals surface area contributed by atoms with Crippen molar-refractivity contribution in [2.45, 2.75) is 32.7 Å². The Morgan fingerprint density at radius 2 is 2.00 bits per heavy atom. The Balaban J connectivity index is 2.48. The van der Waals surface area contributed by atoms with Gasteiger partial charge >= 0.3 is 0 Å². The second-order valence-electron chi connectivity index (χ2n) is 4.56. The van der Waals surface area contributed by atoms with E-state index in [2.05, 4.69) is 17.6 Å². The number of carbonyl (C=O) groups is 1. The molecule has 1 aromatic carbocycles. The lowest BCUT2D eigenvalue weighted by molar-refractivity contribution is -0.121. The summed E-state index contributed by atoms with van der Waals surface area (Å²) in [5, 5.41) is 5.94. The smallest absolute Gasteiger partial charge is 0.221 e. The first-order valence-corrected chi connectivity index (χ1v) is 6.84. The third kappa shape index (κ3) is 5.75. The lowest BCUT2D eigenvalue weighted by atomic mass is 10.1. The van der Waals surface area contributed by atoms with Crippen molar-refractivity contribution in [3.8, 4) is 5.75 Å². The highest BCUT2D eigenvalue weighted by Gasteiger charge is 2.09. The molecule has 0 aliphatic heterocycles. The summed E-state index contributed by atoms with van der Waals surface area (Å²) >= 11 is 0. The van der Waals surface area contributed by atoms with Gasteiger partial charge in [-0.3, -0.25) is 4.79 Å². The van der Waals surface area contributed by atoms with Gasteiger partial charge in [0.05, 0.1) is 12.6 Å². The molecule has 19 heavy (non-hydrogen) atoms. The molecule has 0 heterocycles. The highest BCUT2D eigenvalue weighted by molar-refractivity contribution is 5.76. The van der Waals surface area contributed by atoms with E-state index in [4.69, 9.17) is 4.74 Å². The minimum atomic E-state index is 0.0181. The van der Waals surface area contributed by atoms with Gasteiger partial charge in [0, 0.05) is 13.0 Å². The fourth-order valence-corrected chi connectivity index (χ4v) is 1.71. The van der Waals surface area contributed by atoms with Crippen LogP contribution in [-0.4, -0.2) is 26.1 Å². The van der Waals surface area contributed by atoms with Crippen LogP contribution in [0.5, 0.6) is 5.75 Å². The Hall–Kier alpha value is -1.55. The van der Waals surface area contributed by atoms with E-state index < -0.39 is 0 Å². The second kappa shape index (κ2) is 8.53. The van der Waals surface area contributed by atoms with E-state index in [0.29, 0.717) is 13.0 Å². The van der Waals surface area contributed by atoms with Gasteiger partial charge < -0.3 is 15.4 Å². The summed E-state index contributed by atoms with van der Waals surface area (Å²) in [5.41, 5.74) is 1.08. The Kier molecular flexibility index (Phi) is 6.97. The average Bonchev–Trinajstić information content (AvgIpc) is 2.43. The zero-order valence-electron chi connectivity index (χ0n) is 12.0. The van der Waals surface area contributed by atoms with Gasteiger partial charge in [0.25, 0.3) is 0 Å². The van der Waals surface area contributed by atoms with Crippen LogP contribution in [0.1, 0.15) is 38.3 Å². The highest BCUT2D eigenvalue weighted by atomic mass is 16.5. The van der Waals surface area contributed by atoms with E-state index in [9.17, 15) is 4.79 Å². The molecule has 0 aromatic heterocycles. The van der Waals surface area contributed by atoms with Crippen LogP contribution in [-0.2, 0) is 4.79 Å². The van der Waals surface area contributed by atoms with Gasteiger partial charge in [0.2, 0.25) is 5.91 Å². The van der Waals surface area contributed by atoms with Gasteiger partial charge in [-0.15, -0.1) is 0 Å². The number of rotatable bonds is 8. The van der Waals surface area contributed by atoms with E-state index in [-0.39, 0.29) is 11.9 Å². The fraction of sp³-hybridized carbons (Fsp3) is 0.533. The number of carbonyl (C=O) groups excluding carboxylic acids is 1. The van der Waals surface area contributed by atoms with Crippen LogP contribution in [0.3, 0.4) is 0 Å². The quantitative estimate of drug-likeness (QED) is 0.757. The topological polar surface area (TPSA) is 50.4 Å². The maximum Gasteiger partial charge on any atom is 0.221 e. The lowest BCUT2D eigenvalue weighted by Crippen LogP contribution is -2.29. The molecule has 0 bridgehead atoms. The van der Waals surface area contributed by atoms with Crippen LogP contribution in [0.4, 0.5) is 0 Å². The molecule has 0 spiro atoms. The number of hydrogen-bond acceptors (Lipinski definition) is 3. The van der Waals surface area contributed by atoms with Crippen LogP contribution < -0.4 is 15.4 Å². The standard InChI is InChI=1S/C15H24N2O2/c1-4-11-19-14-7-5-13(6-8-14)12(2)17-15(18)9-10-16-3/h5-8,12,16H,4,9-11H2,1-3H3,(H,17,18). The van der Waals surface area contributed by atoms with Gasteiger partial charge in [0.15, 0.2) is 0 Å². The monoisotopic (exact) mass is 264 g/mol. The van der Waals surface area contributed by atoms with Gasteiger partial charge in [-0.25, -0.2) is 0 Å². The molecule has 4 nitrogen and oxygen atoms in total. The van der Waals surface area contributed by atoms with E-state index in [0.717, 1.165) is 24.3 Å². The van der Waals surface area contributed by atoms with Crippen LogP contribution in [0.2, 0.25) is 0 Å². The summed E-state index contributed by atoms with van der Waals surface area (Å²) in [7, 11) is 1.84. The third-order valence-electron chi connectivity index (χ3n) is 2.83. The van der Waals surface area contributed by atoms with Crippen LogP contribution in [0.25, 0.3) is 0 Å². The molecule has 1 rings (SSSR count). The zero-order chi connectivity index (χ0) is 14.1. The minimum absolute atomic E-state index is 0.0181. The maximum absolute atomic E-state index is 11.6. The predicted octanol–water partition coefficient (Wildman–Crippen LogP) is 2.26.